The molecule has 0 saturated carbocycles. The zero-order valence-electron chi connectivity index (χ0n) is 10.4. The lowest BCUT2D eigenvalue weighted by Gasteiger charge is -2.18. The van der Waals surface area contributed by atoms with E-state index in [9.17, 15) is 0 Å². The maximum Gasteiger partial charge on any atom is 0.0794 e. The molecule has 0 saturated heterocycles. The van der Waals surface area contributed by atoms with Crippen LogP contribution in [0.5, 0.6) is 0 Å². The van der Waals surface area contributed by atoms with E-state index in [1.807, 2.05) is 23.5 Å². The van der Waals surface area contributed by atoms with Gasteiger partial charge in [0.2, 0.25) is 0 Å². The smallest absolute Gasteiger partial charge is 0.0794 e. The first-order chi connectivity index (χ1) is 7.72. The van der Waals surface area contributed by atoms with Crippen molar-refractivity contribution >= 4 is 23.1 Å². The van der Waals surface area contributed by atoms with E-state index < -0.39 is 0 Å². The normalized spacial score (nSPS) is 13.2. The molecule has 0 aliphatic heterocycles. The Bertz CT molecular complexity index is 260. The third kappa shape index (κ3) is 5.87. The van der Waals surface area contributed by atoms with Gasteiger partial charge in [0, 0.05) is 22.9 Å². The summed E-state index contributed by atoms with van der Waals surface area (Å²) in [7, 11) is 0. The fourth-order valence-electron chi connectivity index (χ4n) is 1.43. The fourth-order valence-corrected chi connectivity index (χ4v) is 2.96. The van der Waals surface area contributed by atoms with Gasteiger partial charge in [-0.05, 0) is 24.6 Å². The predicted octanol–water partition coefficient (Wildman–Crippen LogP) is 3.20. The van der Waals surface area contributed by atoms with Gasteiger partial charge in [0.25, 0.3) is 0 Å². The molecule has 1 rings (SSSR count). The van der Waals surface area contributed by atoms with Crippen molar-refractivity contribution in [1.29, 1.82) is 0 Å². The molecule has 92 valence electrons. The van der Waals surface area contributed by atoms with Gasteiger partial charge >= 0.3 is 0 Å². The summed E-state index contributed by atoms with van der Waals surface area (Å²) in [4.78, 5) is 5.52. The van der Waals surface area contributed by atoms with Gasteiger partial charge in [-0.25, -0.2) is 0 Å². The van der Waals surface area contributed by atoms with Crippen molar-refractivity contribution in [2.45, 2.75) is 44.9 Å². The highest BCUT2D eigenvalue weighted by atomic mass is 32.2. The summed E-state index contributed by atoms with van der Waals surface area (Å²) >= 11 is 3.79. The van der Waals surface area contributed by atoms with Gasteiger partial charge in [-0.15, -0.1) is 11.3 Å². The Morgan fingerprint density at radius 3 is 2.88 bits per heavy atom. The Labute approximate surface area is 107 Å². The highest BCUT2D eigenvalue weighted by Crippen LogP contribution is 2.15. The molecule has 1 N–H and O–H groups in total. The van der Waals surface area contributed by atoms with Crippen molar-refractivity contribution in [2.24, 2.45) is 0 Å². The van der Waals surface area contributed by atoms with Gasteiger partial charge in [0.05, 0.1) is 5.51 Å². The standard InChI is InChI=1S/C12H22N2S2/c1-4-5-14-11(8-15-10(2)3)6-12-7-13-9-16-12/h7,9-11,14H,4-6,8H2,1-3H3. The van der Waals surface area contributed by atoms with Crippen LogP contribution in [-0.4, -0.2) is 28.6 Å². The van der Waals surface area contributed by atoms with Crippen LogP contribution in [-0.2, 0) is 6.42 Å². The maximum atomic E-state index is 4.13. The summed E-state index contributed by atoms with van der Waals surface area (Å²) in [5.74, 6) is 1.19. The zero-order chi connectivity index (χ0) is 11.8. The third-order valence-corrected chi connectivity index (χ3v) is 4.31. The van der Waals surface area contributed by atoms with Gasteiger partial charge in [0.1, 0.15) is 0 Å². The second-order valence-corrected chi connectivity index (χ2v) is 6.79. The number of hydrogen-bond acceptors (Lipinski definition) is 4. The minimum atomic E-state index is 0.591. The first-order valence-corrected chi connectivity index (χ1v) is 7.87. The quantitative estimate of drug-likeness (QED) is 0.775. The number of aromatic nitrogens is 1. The highest BCUT2D eigenvalue weighted by Gasteiger charge is 2.10. The topological polar surface area (TPSA) is 24.9 Å². The summed E-state index contributed by atoms with van der Waals surface area (Å²) in [5.41, 5.74) is 1.92. The van der Waals surface area contributed by atoms with Gasteiger partial charge in [0.15, 0.2) is 0 Å². The zero-order valence-corrected chi connectivity index (χ0v) is 12.0. The number of thiazole rings is 1. The highest BCUT2D eigenvalue weighted by molar-refractivity contribution is 7.99. The van der Waals surface area contributed by atoms with Crippen LogP contribution in [0.15, 0.2) is 11.7 Å². The Morgan fingerprint density at radius 1 is 1.50 bits per heavy atom. The minimum absolute atomic E-state index is 0.591. The largest absolute Gasteiger partial charge is 0.313 e. The van der Waals surface area contributed by atoms with E-state index in [1.54, 1.807) is 11.3 Å². The van der Waals surface area contributed by atoms with Crippen LogP contribution in [0, 0.1) is 0 Å². The van der Waals surface area contributed by atoms with Crippen LogP contribution in [0.2, 0.25) is 0 Å². The fraction of sp³-hybridized carbons (Fsp3) is 0.750. The van der Waals surface area contributed by atoms with Gasteiger partial charge in [-0.1, -0.05) is 20.8 Å². The van der Waals surface area contributed by atoms with E-state index in [0.29, 0.717) is 11.3 Å². The van der Waals surface area contributed by atoms with Crippen molar-refractivity contribution < 1.29 is 0 Å². The molecular weight excluding hydrogens is 236 g/mol. The molecule has 1 unspecified atom stereocenters. The Kier molecular flexibility index (Phi) is 7.08. The van der Waals surface area contributed by atoms with Crippen LogP contribution in [0.3, 0.4) is 0 Å². The van der Waals surface area contributed by atoms with Crippen molar-refractivity contribution in [1.82, 2.24) is 10.3 Å². The van der Waals surface area contributed by atoms with E-state index in [-0.39, 0.29) is 0 Å². The summed E-state index contributed by atoms with van der Waals surface area (Å²) < 4.78 is 0. The van der Waals surface area contributed by atoms with Crippen LogP contribution in [0.1, 0.15) is 32.1 Å². The van der Waals surface area contributed by atoms with Crippen molar-refractivity contribution in [3.63, 3.8) is 0 Å². The van der Waals surface area contributed by atoms with Crippen LogP contribution in [0.25, 0.3) is 0 Å². The van der Waals surface area contributed by atoms with E-state index in [0.717, 1.165) is 13.0 Å². The van der Waals surface area contributed by atoms with E-state index in [1.165, 1.54) is 17.1 Å². The number of thioether (sulfide) groups is 1. The molecule has 0 radical (unpaired) electrons. The molecule has 1 aromatic rings. The molecule has 4 heteroatoms. The molecule has 0 aliphatic rings. The average Bonchev–Trinajstić information content (AvgIpc) is 2.74. The lowest BCUT2D eigenvalue weighted by molar-refractivity contribution is 0.552. The van der Waals surface area contributed by atoms with Crippen LogP contribution >= 0.6 is 23.1 Å². The van der Waals surface area contributed by atoms with Gasteiger partial charge in [-0.3, -0.25) is 4.98 Å². The molecule has 1 heterocycles. The Balaban J connectivity index is 2.36. The number of nitrogens with one attached hydrogen (secondary N) is 1. The first-order valence-electron chi connectivity index (χ1n) is 5.94. The SMILES string of the molecule is CCCNC(CSC(C)C)Cc1cncs1. The Hall–Kier alpha value is -0.0600. The lowest BCUT2D eigenvalue weighted by atomic mass is 10.2. The first kappa shape index (κ1) is 14.0. The molecule has 0 fully saturated rings. The van der Waals surface area contributed by atoms with Crippen molar-refractivity contribution in [3.8, 4) is 0 Å². The van der Waals surface area contributed by atoms with Gasteiger partial charge < -0.3 is 5.32 Å². The molecule has 0 aromatic carbocycles. The molecule has 0 spiro atoms. The minimum Gasteiger partial charge on any atom is -0.313 e. The number of hydrogen-bond donors (Lipinski definition) is 1. The van der Waals surface area contributed by atoms with E-state index in [4.69, 9.17) is 0 Å². The van der Waals surface area contributed by atoms with Crippen LogP contribution in [0.4, 0.5) is 0 Å². The molecule has 1 atom stereocenters. The molecule has 0 bridgehead atoms. The van der Waals surface area contributed by atoms with E-state index in [2.05, 4.69) is 31.1 Å². The number of nitrogens with zero attached hydrogens (tertiary/aromatic N) is 1. The second-order valence-electron chi connectivity index (χ2n) is 4.21. The average molecular weight is 258 g/mol. The summed E-state index contributed by atoms with van der Waals surface area (Å²) in [5, 5.41) is 4.34. The summed E-state index contributed by atoms with van der Waals surface area (Å²) in [6.45, 7) is 7.84. The lowest BCUT2D eigenvalue weighted by Crippen LogP contribution is -2.34. The van der Waals surface area contributed by atoms with Crippen molar-refractivity contribution in [3.05, 3.63) is 16.6 Å². The molecule has 0 aliphatic carbocycles. The molecular formula is C12H22N2S2. The van der Waals surface area contributed by atoms with Crippen LogP contribution < -0.4 is 5.32 Å². The molecule has 0 amide bonds. The molecule has 2 nitrogen and oxygen atoms in total. The van der Waals surface area contributed by atoms with E-state index >= 15 is 0 Å². The summed E-state index contributed by atoms with van der Waals surface area (Å²) in [6.07, 6.45) is 4.31. The monoisotopic (exact) mass is 258 g/mol. The summed E-state index contributed by atoms with van der Waals surface area (Å²) in [6, 6.07) is 0.591. The molecule has 1 aromatic heterocycles. The number of rotatable bonds is 8. The molecule has 16 heavy (non-hydrogen) atoms. The second kappa shape index (κ2) is 8.09. The van der Waals surface area contributed by atoms with Gasteiger partial charge in [-0.2, -0.15) is 11.8 Å². The predicted molar refractivity (Wildman–Crippen MR) is 75.5 cm³/mol. The maximum absolute atomic E-state index is 4.13. The Morgan fingerprint density at radius 2 is 2.31 bits per heavy atom. The van der Waals surface area contributed by atoms with Crippen molar-refractivity contribution in [2.75, 3.05) is 12.3 Å². The third-order valence-electron chi connectivity index (χ3n) is 2.24.